The first kappa shape index (κ1) is 102. The number of allylic oxidation sites excluding steroid dienone is 1. The highest BCUT2D eigenvalue weighted by atomic mass is 16.8. The molecule has 0 bridgehead atoms. The van der Waals surface area contributed by atoms with Gasteiger partial charge in [0, 0.05) is 13.3 Å². The molecule has 7 aliphatic heterocycles. The van der Waals surface area contributed by atoms with Crippen molar-refractivity contribution >= 4 is 11.8 Å². The number of rotatable bonds is 52. The second-order valence-electron chi connectivity index (χ2n) is 32.7. The summed E-state index contributed by atoms with van der Waals surface area (Å²) < 4.78 is 85.4. The zero-order chi connectivity index (χ0) is 86.3. The van der Waals surface area contributed by atoms with Crippen LogP contribution < -0.4 is 10.6 Å². The number of nitrogens with one attached hydrogen (secondary N) is 2. The molecule has 2 amide bonds. The van der Waals surface area contributed by atoms with E-state index in [1.54, 1.807) is 6.08 Å². The average molecular weight is 1710 g/mol. The lowest BCUT2D eigenvalue weighted by atomic mass is 9.93. The van der Waals surface area contributed by atoms with Crippen LogP contribution in [0, 0.1) is 0 Å². The number of hydrogen-bond donors (Lipinski definition) is 22. The van der Waals surface area contributed by atoms with Crippen molar-refractivity contribution in [2.75, 3.05) is 39.6 Å². The molecule has 0 aromatic carbocycles. The molecule has 22 N–H and O–H groups in total. The zero-order valence-corrected chi connectivity index (χ0v) is 69.0. The van der Waals surface area contributed by atoms with E-state index in [4.69, 9.17) is 66.3 Å². The van der Waals surface area contributed by atoms with Gasteiger partial charge in [-0.25, -0.2) is 0 Å². The van der Waals surface area contributed by atoms with Crippen molar-refractivity contribution in [3.63, 3.8) is 0 Å². The van der Waals surface area contributed by atoms with Crippen molar-refractivity contribution in [2.45, 2.75) is 441 Å². The van der Waals surface area contributed by atoms with Crippen molar-refractivity contribution in [3.05, 3.63) is 12.2 Å². The minimum absolute atomic E-state index is 0.151. The third-order valence-electron chi connectivity index (χ3n) is 23.4. The number of unbranched alkanes of at least 4 members (excludes halogenated alkanes) is 25. The van der Waals surface area contributed by atoms with Gasteiger partial charge in [0.15, 0.2) is 44.0 Å². The van der Waals surface area contributed by atoms with Crippen LogP contribution in [0.2, 0.25) is 0 Å². The van der Waals surface area contributed by atoms with Crippen molar-refractivity contribution in [3.8, 4) is 0 Å². The fourth-order valence-corrected chi connectivity index (χ4v) is 16.0. The van der Waals surface area contributed by atoms with Crippen molar-refractivity contribution in [1.82, 2.24) is 10.6 Å². The zero-order valence-electron chi connectivity index (χ0n) is 69.0. The lowest BCUT2D eigenvalue weighted by Gasteiger charge is -2.53. The van der Waals surface area contributed by atoms with E-state index in [1.165, 1.54) is 123 Å². The first-order valence-electron chi connectivity index (χ1n) is 43.2. The lowest BCUT2D eigenvalue weighted by Crippen LogP contribution is -2.72. The van der Waals surface area contributed by atoms with Crippen LogP contribution in [-0.4, -0.2) is 381 Å². The maximum Gasteiger partial charge on any atom is 0.220 e. The molecule has 7 rings (SSSR count). The van der Waals surface area contributed by atoms with Crippen LogP contribution >= 0.6 is 0 Å². The standard InChI is InChI=1S/C80H144N2O36/c1-6-8-10-12-14-16-18-20-21-23-25-27-29-31-33-35-52(90)82-45(46(89)34-32-30-28-26-24-22-19-17-15-13-11-9-7-2)41-105-75-66(103)62(99)68(50(39-86)112-75)113-79-67(104)71(57(94)48(37-84)109-79)116-74-53(81-44(5)88)70(69(51(40-87)111-74)114-76-63(100)59(96)54(91)42(3)106-76)115-80-73(118-77-64(101)60(97)55(92)43(4)107-77)72(58(95)49(38-85)110-80)117-78-65(102)61(98)56(93)47(36-83)108-78/h32,34,42-43,45-51,53-80,83-87,89,91-104H,6-31,33,35-41H2,1-5H3,(H,81,88)(H,82,90)/b34-32+/t42?,43?,45-,46+,47?,48?,49?,50?,51?,53?,54+,55+,56-,57-,58-,59?,60?,61-,62+,63-,64-,65?,66?,67?,68+,69+,70+,71-,72-,73?,74-,75+,76+,77+,78+,79-,80-/m0/s1. The number of hydrogen-bond acceptors (Lipinski definition) is 36. The van der Waals surface area contributed by atoms with Gasteiger partial charge >= 0.3 is 0 Å². The average Bonchev–Trinajstić information content (AvgIpc) is 0.816. The summed E-state index contributed by atoms with van der Waals surface area (Å²) in [6.07, 6.45) is -35.1. The highest BCUT2D eigenvalue weighted by Gasteiger charge is 2.61. The van der Waals surface area contributed by atoms with Gasteiger partial charge in [-0.2, -0.15) is 0 Å². The molecule has 38 nitrogen and oxygen atoms in total. The summed E-state index contributed by atoms with van der Waals surface area (Å²) in [6, 6.07) is -3.14. The van der Waals surface area contributed by atoms with E-state index in [2.05, 4.69) is 24.5 Å². The molecule has 14 unspecified atom stereocenters. The summed E-state index contributed by atoms with van der Waals surface area (Å²) in [4.78, 5) is 27.4. The van der Waals surface area contributed by atoms with Gasteiger partial charge in [0.25, 0.3) is 0 Å². The van der Waals surface area contributed by atoms with Crippen molar-refractivity contribution in [2.24, 2.45) is 0 Å². The quantitative estimate of drug-likeness (QED) is 0.0218. The summed E-state index contributed by atoms with van der Waals surface area (Å²) in [6.45, 7) is 2.08. The second-order valence-corrected chi connectivity index (χ2v) is 32.7. The van der Waals surface area contributed by atoms with Crippen LogP contribution in [0.15, 0.2) is 12.2 Å². The van der Waals surface area contributed by atoms with E-state index in [9.17, 15) is 112 Å². The van der Waals surface area contributed by atoms with Crippen LogP contribution in [0.5, 0.6) is 0 Å². The molecule has 7 heterocycles. The predicted molar refractivity (Wildman–Crippen MR) is 412 cm³/mol. The van der Waals surface area contributed by atoms with E-state index >= 15 is 0 Å². The van der Waals surface area contributed by atoms with Crippen LogP contribution in [0.25, 0.3) is 0 Å². The molecule has 118 heavy (non-hydrogen) atoms. The van der Waals surface area contributed by atoms with Crippen molar-refractivity contribution < 1.29 is 178 Å². The van der Waals surface area contributed by atoms with E-state index in [1.807, 2.05) is 6.08 Å². The SMILES string of the molecule is CCCCCCCCCCCCC/C=C/[C@@H](O)[C@H](CO[C@@H]1OC(CO)[C@@H](O[C@@H]2OC(CO)[C@H](O)[C@H](O[C@@H]3OC(CO)[C@@H](O[C@H]4OC(C)[C@@H](O)C(O)[C@@H]4O)[C@H](O[C@@H]4OC(CO)[C@H](O)[C@H](O[C@H]5OC(CO)[C@H](O)[C@H](O)C5O)C4O[C@H]4OC(C)[C@@H](O)C(O)[C@@H]4O)C3NC(C)=O)C2O)[C@H](O)C1O)NC(=O)CCCCCCCCCCCCCCCCC. The van der Waals surface area contributed by atoms with E-state index in [0.717, 1.165) is 58.3 Å². The van der Waals surface area contributed by atoms with E-state index < -0.39 is 273 Å². The van der Waals surface area contributed by atoms with Crippen LogP contribution in [0.1, 0.15) is 214 Å². The molecule has 690 valence electrons. The molecular weight excluding hydrogens is 1560 g/mol. The van der Waals surface area contributed by atoms with Crippen LogP contribution in [-0.2, 0) is 75.9 Å². The maximum atomic E-state index is 13.7. The molecule has 0 saturated carbocycles. The van der Waals surface area contributed by atoms with Gasteiger partial charge in [-0.15, -0.1) is 0 Å². The lowest BCUT2D eigenvalue weighted by molar-refractivity contribution is -0.411. The molecule has 37 atom stereocenters. The summed E-state index contributed by atoms with van der Waals surface area (Å²) in [7, 11) is 0. The highest BCUT2D eigenvalue weighted by Crippen LogP contribution is 2.41. The van der Waals surface area contributed by atoms with Gasteiger partial charge in [-0.1, -0.05) is 180 Å². The Bertz CT molecular complexity index is 2760. The number of ether oxygens (including phenoxy) is 14. The largest absolute Gasteiger partial charge is 0.394 e. The Morgan fingerprint density at radius 2 is 0.703 bits per heavy atom. The first-order valence-corrected chi connectivity index (χ1v) is 43.2. The van der Waals surface area contributed by atoms with E-state index in [0.29, 0.717) is 12.8 Å². The van der Waals surface area contributed by atoms with Gasteiger partial charge in [0.05, 0.1) is 64.0 Å². The van der Waals surface area contributed by atoms with Crippen LogP contribution in [0.4, 0.5) is 0 Å². The molecule has 7 saturated heterocycles. The molecule has 0 spiro atoms. The van der Waals surface area contributed by atoms with Gasteiger partial charge < -0.3 is 179 Å². The smallest absolute Gasteiger partial charge is 0.220 e. The molecule has 0 radical (unpaired) electrons. The Kier molecular flexibility index (Phi) is 46.1. The van der Waals surface area contributed by atoms with Gasteiger partial charge in [0.2, 0.25) is 11.8 Å². The summed E-state index contributed by atoms with van der Waals surface area (Å²) in [5.74, 6) is -1.34. The van der Waals surface area contributed by atoms with Gasteiger partial charge in [0.1, 0.15) is 159 Å². The monoisotopic (exact) mass is 1710 g/mol. The summed E-state index contributed by atoms with van der Waals surface area (Å²) >= 11 is 0. The van der Waals surface area contributed by atoms with E-state index in [-0.39, 0.29) is 12.3 Å². The molecule has 0 aromatic heterocycles. The normalized spacial score (nSPS) is 39.9. The number of aliphatic hydroxyl groups is 20. The number of amides is 2. The Morgan fingerprint density at radius 1 is 0.347 bits per heavy atom. The van der Waals surface area contributed by atoms with Gasteiger partial charge in [-0.3, -0.25) is 9.59 Å². The number of carbonyl (C=O) groups is 2. The maximum absolute atomic E-state index is 13.7. The van der Waals surface area contributed by atoms with Crippen LogP contribution in [0.3, 0.4) is 0 Å². The Morgan fingerprint density at radius 3 is 1.19 bits per heavy atom. The summed E-state index contributed by atoms with van der Waals surface area (Å²) in [5.41, 5.74) is 0. The number of aliphatic hydroxyl groups excluding tert-OH is 20. The Balaban J connectivity index is 1.11. The minimum Gasteiger partial charge on any atom is -0.394 e. The predicted octanol–water partition coefficient (Wildman–Crippen LogP) is -2.69. The Hall–Kier alpha value is -2.68. The third-order valence-corrected chi connectivity index (χ3v) is 23.4. The molecule has 38 heteroatoms. The number of carbonyl (C=O) groups excluding carboxylic acids is 2. The molecule has 0 aromatic rings. The minimum atomic E-state index is -2.33. The fraction of sp³-hybridized carbons (Fsp3) is 0.950. The second kappa shape index (κ2) is 53.1. The van der Waals surface area contributed by atoms with Crippen molar-refractivity contribution in [1.29, 1.82) is 0 Å². The molecule has 7 fully saturated rings. The third kappa shape index (κ3) is 29.5. The molecule has 0 aliphatic carbocycles. The van der Waals surface area contributed by atoms with Gasteiger partial charge in [-0.05, 0) is 33.1 Å². The Labute approximate surface area is 691 Å². The molecular formula is C80H144N2O36. The highest BCUT2D eigenvalue weighted by molar-refractivity contribution is 5.76. The topological polar surface area (TPSA) is 592 Å². The molecule has 7 aliphatic rings. The summed E-state index contributed by atoms with van der Waals surface area (Å²) in [5, 5.41) is 230. The fourth-order valence-electron chi connectivity index (χ4n) is 16.0. The first-order chi connectivity index (χ1) is 56.6.